The molecule has 0 radical (unpaired) electrons. The first-order valence-electron chi connectivity index (χ1n) is 5.70. The zero-order chi connectivity index (χ0) is 9.10. The highest BCUT2D eigenvalue weighted by Crippen LogP contribution is 2.34. The summed E-state index contributed by atoms with van der Waals surface area (Å²) in [7, 11) is 0. The minimum absolute atomic E-state index is 0.719. The van der Waals surface area contributed by atoms with Crippen molar-refractivity contribution in [1.82, 2.24) is 5.32 Å². The van der Waals surface area contributed by atoms with Gasteiger partial charge in [0, 0.05) is 19.0 Å². The molecular formula is C11H20N2. The van der Waals surface area contributed by atoms with Crippen molar-refractivity contribution < 1.29 is 0 Å². The predicted molar refractivity (Wildman–Crippen MR) is 56.1 cm³/mol. The summed E-state index contributed by atoms with van der Waals surface area (Å²) in [6.45, 7) is 3.32. The van der Waals surface area contributed by atoms with E-state index in [9.17, 15) is 0 Å². The third-order valence-corrected chi connectivity index (χ3v) is 3.11. The molecule has 2 aliphatic rings. The Balaban J connectivity index is 1.83. The molecule has 2 rings (SSSR count). The molecule has 0 amide bonds. The molecule has 0 aromatic carbocycles. The van der Waals surface area contributed by atoms with Gasteiger partial charge < -0.3 is 5.32 Å². The maximum atomic E-state index is 4.53. The van der Waals surface area contributed by atoms with E-state index in [1.807, 2.05) is 0 Å². The first-order chi connectivity index (χ1) is 6.40. The number of hydrogen-bond donors (Lipinski definition) is 1. The fourth-order valence-corrected chi connectivity index (χ4v) is 2.08. The van der Waals surface area contributed by atoms with Gasteiger partial charge in [-0.25, -0.2) is 0 Å². The molecule has 1 fully saturated rings. The maximum absolute atomic E-state index is 4.53. The summed E-state index contributed by atoms with van der Waals surface area (Å²) in [5.41, 5.74) is 0. The normalized spacial score (nSPS) is 25.2. The van der Waals surface area contributed by atoms with Crippen LogP contribution in [0.5, 0.6) is 0 Å². The number of rotatable bonds is 3. The molecule has 1 aliphatic heterocycles. The van der Waals surface area contributed by atoms with Crippen molar-refractivity contribution in [2.45, 2.75) is 51.5 Å². The monoisotopic (exact) mass is 180 g/mol. The quantitative estimate of drug-likeness (QED) is 0.708. The number of nitrogens with zero attached hydrogens (tertiary/aromatic N) is 1. The zero-order valence-corrected chi connectivity index (χ0v) is 8.55. The van der Waals surface area contributed by atoms with Crippen LogP contribution < -0.4 is 5.32 Å². The second-order valence-corrected chi connectivity index (χ2v) is 4.28. The Bertz CT molecular complexity index is 194. The molecule has 13 heavy (non-hydrogen) atoms. The van der Waals surface area contributed by atoms with Crippen LogP contribution in [0, 0.1) is 5.92 Å². The number of hydrogen-bond acceptors (Lipinski definition) is 2. The van der Waals surface area contributed by atoms with E-state index in [4.69, 9.17) is 0 Å². The lowest BCUT2D eigenvalue weighted by atomic mass is 10.1. The standard InChI is InChI=1S/C11H20N2/c1-2-10(9-6-7-9)13-11-5-3-4-8-12-11/h9-10H,2-8H2,1H3,(H,12,13). The Labute approximate surface area is 80.8 Å². The van der Waals surface area contributed by atoms with E-state index in [1.54, 1.807) is 0 Å². The van der Waals surface area contributed by atoms with E-state index in [2.05, 4.69) is 17.2 Å². The van der Waals surface area contributed by atoms with Crippen LogP contribution in [-0.2, 0) is 0 Å². The minimum Gasteiger partial charge on any atom is -0.371 e. The van der Waals surface area contributed by atoms with Gasteiger partial charge in [0.2, 0.25) is 0 Å². The van der Waals surface area contributed by atoms with Crippen LogP contribution in [0.25, 0.3) is 0 Å². The van der Waals surface area contributed by atoms with Crippen LogP contribution in [0.3, 0.4) is 0 Å². The molecule has 1 atom stereocenters. The molecule has 1 unspecified atom stereocenters. The van der Waals surface area contributed by atoms with E-state index >= 15 is 0 Å². The maximum Gasteiger partial charge on any atom is 0.0965 e. The SMILES string of the molecule is CCC(NC1=NCCCC1)C1CC1. The zero-order valence-electron chi connectivity index (χ0n) is 8.55. The van der Waals surface area contributed by atoms with Crippen LogP contribution in [0.2, 0.25) is 0 Å². The van der Waals surface area contributed by atoms with E-state index in [-0.39, 0.29) is 0 Å². The predicted octanol–water partition coefficient (Wildman–Crippen LogP) is 2.35. The topological polar surface area (TPSA) is 24.4 Å². The largest absolute Gasteiger partial charge is 0.371 e. The van der Waals surface area contributed by atoms with Crippen LogP contribution in [0.4, 0.5) is 0 Å². The summed E-state index contributed by atoms with van der Waals surface area (Å²) < 4.78 is 0. The first-order valence-corrected chi connectivity index (χ1v) is 5.70. The van der Waals surface area contributed by atoms with Crippen molar-refractivity contribution in [3.8, 4) is 0 Å². The van der Waals surface area contributed by atoms with Gasteiger partial charge in [0.05, 0.1) is 5.84 Å². The van der Waals surface area contributed by atoms with Gasteiger partial charge in [-0.05, 0) is 38.0 Å². The average molecular weight is 180 g/mol. The molecule has 2 nitrogen and oxygen atoms in total. The Morgan fingerprint density at radius 3 is 2.85 bits per heavy atom. The molecule has 74 valence electrons. The van der Waals surface area contributed by atoms with Crippen molar-refractivity contribution in [2.24, 2.45) is 10.9 Å². The molecule has 2 heteroatoms. The van der Waals surface area contributed by atoms with Crippen molar-refractivity contribution in [1.29, 1.82) is 0 Å². The second-order valence-electron chi connectivity index (χ2n) is 4.28. The number of aliphatic imine (C=N–C) groups is 1. The second kappa shape index (κ2) is 4.12. The molecular weight excluding hydrogens is 160 g/mol. The summed E-state index contributed by atoms with van der Waals surface area (Å²) in [4.78, 5) is 4.53. The van der Waals surface area contributed by atoms with Crippen LogP contribution in [0.15, 0.2) is 4.99 Å². The molecule has 1 aliphatic carbocycles. The molecule has 0 aromatic rings. The van der Waals surface area contributed by atoms with E-state index in [0.29, 0.717) is 0 Å². The van der Waals surface area contributed by atoms with Crippen LogP contribution >= 0.6 is 0 Å². The fraction of sp³-hybridized carbons (Fsp3) is 0.909. The first kappa shape index (κ1) is 9.04. The Kier molecular flexibility index (Phi) is 2.87. The van der Waals surface area contributed by atoms with E-state index in [0.717, 1.165) is 18.5 Å². The van der Waals surface area contributed by atoms with Gasteiger partial charge in [0.15, 0.2) is 0 Å². The molecule has 1 heterocycles. The molecule has 0 aromatic heterocycles. The van der Waals surface area contributed by atoms with Crippen molar-refractivity contribution in [2.75, 3.05) is 6.54 Å². The van der Waals surface area contributed by atoms with Crippen molar-refractivity contribution in [3.63, 3.8) is 0 Å². The summed E-state index contributed by atoms with van der Waals surface area (Å²) in [6, 6.07) is 0.719. The number of amidine groups is 1. The third-order valence-electron chi connectivity index (χ3n) is 3.11. The molecule has 0 spiro atoms. The highest BCUT2D eigenvalue weighted by molar-refractivity contribution is 5.82. The summed E-state index contributed by atoms with van der Waals surface area (Å²) in [5.74, 6) is 2.24. The summed E-state index contributed by atoms with van der Waals surface area (Å²) in [5, 5.41) is 3.62. The number of nitrogens with one attached hydrogen (secondary N) is 1. The van der Waals surface area contributed by atoms with Gasteiger partial charge in [-0.15, -0.1) is 0 Å². The lowest BCUT2D eigenvalue weighted by Crippen LogP contribution is -2.37. The molecule has 1 N–H and O–H groups in total. The average Bonchev–Trinajstić information content (AvgIpc) is 2.99. The molecule has 1 saturated carbocycles. The van der Waals surface area contributed by atoms with Crippen molar-refractivity contribution >= 4 is 5.84 Å². The Hall–Kier alpha value is -0.530. The lowest BCUT2D eigenvalue weighted by Gasteiger charge is -2.21. The van der Waals surface area contributed by atoms with Gasteiger partial charge in [0.1, 0.15) is 0 Å². The Morgan fingerprint density at radius 2 is 2.31 bits per heavy atom. The van der Waals surface area contributed by atoms with Crippen LogP contribution in [0.1, 0.15) is 45.4 Å². The van der Waals surface area contributed by atoms with Gasteiger partial charge in [0.25, 0.3) is 0 Å². The van der Waals surface area contributed by atoms with Crippen LogP contribution in [-0.4, -0.2) is 18.4 Å². The Morgan fingerprint density at radius 1 is 1.46 bits per heavy atom. The fourth-order valence-electron chi connectivity index (χ4n) is 2.08. The highest BCUT2D eigenvalue weighted by atomic mass is 15.0. The third kappa shape index (κ3) is 2.45. The van der Waals surface area contributed by atoms with E-state index in [1.165, 1.54) is 44.4 Å². The van der Waals surface area contributed by atoms with Crippen molar-refractivity contribution in [3.05, 3.63) is 0 Å². The summed E-state index contributed by atoms with van der Waals surface area (Å²) in [6.07, 6.45) is 7.91. The smallest absolute Gasteiger partial charge is 0.0965 e. The highest BCUT2D eigenvalue weighted by Gasteiger charge is 2.30. The van der Waals surface area contributed by atoms with E-state index < -0.39 is 0 Å². The lowest BCUT2D eigenvalue weighted by molar-refractivity contribution is 0.513. The van der Waals surface area contributed by atoms with Gasteiger partial charge in [-0.1, -0.05) is 6.92 Å². The molecule has 0 saturated heterocycles. The minimum atomic E-state index is 0.719. The summed E-state index contributed by atoms with van der Waals surface area (Å²) >= 11 is 0. The van der Waals surface area contributed by atoms with Gasteiger partial charge >= 0.3 is 0 Å². The van der Waals surface area contributed by atoms with Gasteiger partial charge in [-0.2, -0.15) is 0 Å². The van der Waals surface area contributed by atoms with Gasteiger partial charge in [-0.3, -0.25) is 4.99 Å². The molecule has 0 bridgehead atoms.